The molecule has 0 saturated heterocycles. The summed E-state index contributed by atoms with van der Waals surface area (Å²) in [5, 5.41) is 3.29. The Morgan fingerprint density at radius 1 is 1.35 bits per heavy atom. The van der Waals surface area contributed by atoms with E-state index in [-0.39, 0.29) is 11.6 Å². The van der Waals surface area contributed by atoms with Crippen molar-refractivity contribution < 1.29 is 12.8 Å². The van der Waals surface area contributed by atoms with Crippen molar-refractivity contribution in [1.82, 2.24) is 5.32 Å². The van der Waals surface area contributed by atoms with Gasteiger partial charge >= 0.3 is 0 Å². The monoisotopic (exact) mass is 301 g/mol. The van der Waals surface area contributed by atoms with E-state index >= 15 is 0 Å². The van der Waals surface area contributed by atoms with Gasteiger partial charge in [0.25, 0.3) is 0 Å². The lowest BCUT2D eigenvalue weighted by atomic mass is 9.95. The fraction of sp³-hybridized carbons (Fsp3) is 0.600. The van der Waals surface area contributed by atoms with Crippen LogP contribution in [-0.4, -0.2) is 33.5 Å². The molecule has 0 spiro atoms. The van der Waals surface area contributed by atoms with E-state index in [1.54, 1.807) is 12.1 Å². The number of sulfone groups is 1. The normalized spacial score (nSPS) is 13.3. The van der Waals surface area contributed by atoms with Crippen molar-refractivity contribution in [1.29, 1.82) is 0 Å². The van der Waals surface area contributed by atoms with E-state index in [2.05, 4.69) is 5.32 Å². The van der Waals surface area contributed by atoms with Gasteiger partial charge in [0.15, 0.2) is 0 Å². The van der Waals surface area contributed by atoms with E-state index in [4.69, 9.17) is 0 Å². The summed E-state index contributed by atoms with van der Waals surface area (Å²) < 4.78 is 35.5. The molecular formula is C15H24FNO2S. The summed E-state index contributed by atoms with van der Waals surface area (Å²) in [6.07, 6.45) is 3.52. The second-order valence-corrected chi connectivity index (χ2v) is 7.54. The lowest BCUT2D eigenvalue weighted by molar-refractivity contribution is 0.443. The van der Waals surface area contributed by atoms with Crippen LogP contribution >= 0.6 is 0 Å². The van der Waals surface area contributed by atoms with Crippen molar-refractivity contribution in [2.24, 2.45) is 5.92 Å². The van der Waals surface area contributed by atoms with E-state index in [1.165, 1.54) is 12.3 Å². The SMILES string of the molecule is CCNCC(CCCS(C)(=O)=O)Cc1cccc(F)c1. The van der Waals surface area contributed by atoms with Crippen LogP contribution in [0.3, 0.4) is 0 Å². The highest BCUT2D eigenvalue weighted by atomic mass is 32.2. The van der Waals surface area contributed by atoms with Crippen LogP contribution < -0.4 is 5.32 Å². The molecule has 0 aliphatic heterocycles. The Balaban J connectivity index is 2.55. The quantitative estimate of drug-likeness (QED) is 0.762. The molecule has 0 aromatic heterocycles. The predicted molar refractivity (Wildman–Crippen MR) is 81.1 cm³/mol. The second kappa shape index (κ2) is 8.37. The molecule has 1 unspecified atom stereocenters. The van der Waals surface area contributed by atoms with Gasteiger partial charge in [-0.25, -0.2) is 12.8 Å². The van der Waals surface area contributed by atoms with Gasteiger partial charge < -0.3 is 5.32 Å². The highest BCUT2D eigenvalue weighted by Crippen LogP contribution is 2.15. The van der Waals surface area contributed by atoms with Crippen molar-refractivity contribution in [3.8, 4) is 0 Å². The van der Waals surface area contributed by atoms with Gasteiger partial charge in [0.1, 0.15) is 15.7 Å². The number of rotatable bonds is 9. The predicted octanol–water partition coefficient (Wildman–Crippen LogP) is 2.42. The maximum absolute atomic E-state index is 13.2. The van der Waals surface area contributed by atoms with Crippen LogP contribution in [0.4, 0.5) is 4.39 Å². The minimum atomic E-state index is -2.90. The Labute approximate surface area is 121 Å². The minimum Gasteiger partial charge on any atom is -0.317 e. The standard InChI is InChI=1S/C15H24FNO2S/c1-3-17-12-14(7-5-9-20(2,18)19)10-13-6-4-8-15(16)11-13/h4,6,8,11,14,17H,3,5,7,9-10,12H2,1-2H3. The molecule has 0 aliphatic rings. The lowest BCUT2D eigenvalue weighted by Crippen LogP contribution is -2.24. The average molecular weight is 301 g/mol. The Hall–Kier alpha value is -0.940. The summed E-state index contributed by atoms with van der Waals surface area (Å²) in [7, 11) is -2.90. The van der Waals surface area contributed by atoms with Crippen LogP contribution in [0.25, 0.3) is 0 Å². The van der Waals surface area contributed by atoms with E-state index in [1.807, 2.05) is 13.0 Å². The first-order valence-corrected chi connectivity index (χ1v) is 9.09. The Bertz CT molecular complexity index is 502. The van der Waals surface area contributed by atoms with Crippen molar-refractivity contribution in [3.05, 3.63) is 35.6 Å². The molecule has 20 heavy (non-hydrogen) atoms. The van der Waals surface area contributed by atoms with E-state index in [0.717, 1.165) is 31.5 Å². The maximum atomic E-state index is 13.2. The zero-order chi connectivity index (χ0) is 15.0. The summed E-state index contributed by atoms with van der Waals surface area (Å²) >= 11 is 0. The molecule has 1 N–H and O–H groups in total. The smallest absolute Gasteiger partial charge is 0.147 e. The second-order valence-electron chi connectivity index (χ2n) is 5.28. The van der Waals surface area contributed by atoms with Crippen molar-refractivity contribution >= 4 is 9.84 Å². The molecule has 1 atom stereocenters. The molecule has 0 fully saturated rings. The third kappa shape index (κ3) is 7.60. The van der Waals surface area contributed by atoms with Crippen molar-refractivity contribution in [2.45, 2.75) is 26.2 Å². The third-order valence-electron chi connectivity index (χ3n) is 3.22. The summed E-state index contributed by atoms with van der Waals surface area (Å²) in [5.41, 5.74) is 0.965. The third-order valence-corrected chi connectivity index (χ3v) is 4.25. The first kappa shape index (κ1) is 17.1. The fourth-order valence-electron chi connectivity index (χ4n) is 2.26. The van der Waals surface area contributed by atoms with Gasteiger partial charge in [-0.2, -0.15) is 0 Å². The molecule has 0 heterocycles. The summed E-state index contributed by atoms with van der Waals surface area (Å²) in [6, 6.07) is 6.62. The summed E-state index contributed by atoms with van der Waals surface area (Å²) in [6.45, 7) is 3.75. The molecule has 1 rings (SSSR count). The number of nitrogens with one attached hydrogen (secondary N) is 1. The molecule has 1 aromatic carbocycles. The van der Waals surface area contributed by atoms with Gasteiger partial charge in [-0.15, -0.1) is 0 Å². The topological polar surface area (TPSA) is 46.2 Å². The molecule has 0 aliphatic carbocycles. The highest BCUT2D eigenvalue weighted by Gasteiger charge is 2.11. The van der Waals surface area contributed by atoms with Crippen LogP contribution in [0.1, 0.15) is 25.3 Å². The number of halogens is 1. The number of benzene rings is 1. The highest BCUT2D eigenvalue weighted by molar-refractivity contribution is 7.90. The molecular weight excluding hydrogens is 277 g/mol. The Morgan fingerprint density at radius 3 is 2.70 bits per heavy atom. The number of hydrogen-bond donors (Lipinski definition) is 1. The first-order valence-electron chi connectivity index (χ1n) is 7.03. The average Bonchev–Trinajstić information content (AvgIpc) is 2.34. The molecule has 0 radical (unpaired) electrons. The van der Waals surface area contributed by atoms with Crippen LogP contribution in [0.15, 0.2) is 24.3 Å². The van der Waals surface area contributed by atoms with E-state index < -0.39 is 9.84 Å². The summed E-state index contributed by atoms with van der Waals surface area (Å²) in [4.78, 5) is 0. The minimum absolute atomic E-state index is 0.221. The molecule has 0 bridgehead atoms. The van der Waals surface area contributed by atoms with Gasteiger partial charge in [0.05, 0.1) is 0 Å². The van der Waals surface area contributed by atoms with Gasteiger partial charge in [-0.05, 0) is 56.0 Å². The summed E-state index contributed by atoms with van der Waals surface area (Å²) in [5.74, 6) is 0.332. The van der Waals surface area contributed by atoms with Gasteiger partial charge in [0, 0.05) is 12.0 Å². The zero-order valence-electron chi connectivity index (χ0n) is 12.2. The molecule has 0 saturated carbocycles. The van der Waals surface area contributed by atoms with Gasteiger partial charge in [-0.1, -0.05) is 19.1 Å². The molecule has 5 heteroatoms. The Kier molecular flexibility index (Phi) is 7.16. The largest absolute Gasteiger partial charge is 0.317 e. The maximum Gasteiger partial charge on any atom is 0.147 e. The van der Waals surface area contributed by atoms with Crippen LogP contribution in [0.5, 0.6) is 0 Å². The van der Waals surface area contributed by atoms with Gasteiger partial charge in [0.2, 0.25) is 0 Å². The first-order chi connectivity index (χ1) is 9.40. The molecule has 1 aromatic rings. The Morgan fingerprint density at radius 2 is 2.10 bits per heavy atom. The zero-order valence-corrected chi connectivity index (χ0v) is 13.0. The van der Waals surface area contributed by atoms with Crippen molar-refractivity contribution in [3.63, 3.8) is 0 Å². The lowest BCUT2D eigenvalue weighted by Gasteiger charge is -2.17. The number of hydrogen-bond acceptors (Lipinski definition) is 3. The molecule has 114 valence electrons. The fourth-order valence-corrected chi connectivity index (χ4v) is 2.95. The van der Waals surface area contributed by atoms with Crippen LogP contribution in [0.2, 0.25) is 0 Å². The van der Waals surface area contributed by atoms with Crippen molar-refractivity contribution in [2.75, 3.05) is 25.1 Å². The van der Waals surface area contributed by atoms with Crippen LogP contribution in [-0.2, 0) is 16.3 Å². The van der Waals surface area contributed by atoms with E-state index in [9.17, 15) is 12.8 Å². The van der Waals surface area contributed by atoms with E-state index in [0.29, 0.717) is 12.3 Å². The molecule has 0 amide bonds. The van der Waals surface area contributed by atoms with Crippen LogP contribution in [0, 0.1) is 11.7 Å². The van der Waals surface area contributed by atoms with Gasteiger partial charge in [-0.3, -0.25) is 0 Å². The molecule has 3 nitrogen and oxygen atoms in total.